The topological polar surface area (TPSA) is 126 Å². The fraction of sp³-hybridized carbons (Fsp3) is 1.00. The molecule has 2 spiro atoms. The molecule has 10 aliphatic rings. The lowest BCUT2D eigenvalue weighted by molar-refractivity contribution is -0.571. The first-order chi connectivity index (χ1) is 24.3. The van der Waals surface area contributed by atoms with E-state index in [-0.39, 0.29) is 49.1 Å². The molecule has 52 heavy (non-hydrogen) atoms. The molecule has 2 aliphatic carbocycles. The summed E-state index contributed by atoms with van der Waals surface area (Å²) < 4.78 is 61.4. The van der Waals surface area contributed by atoms with Gasteiger partial charge in [-0.1, -0.05) is 27.7 Å². The zero-order valence-corrected chi connectivity index (χ0v) is 35.3. The van der Waals surface area contributed by atoms with Crippen LogP contribution in [0.3, 0.4) is 0 Å². The Hall–Kier alpha value is 0.640. The Morgan fingerprint density at radius 1 is 0.615 bits per heavy atom. The van der Waals surface area contributed by atoms with Crippen molar-refractivity contribution in [2.75, 3.05) is 26.5 Å². The second-order valence-electron chi connectivity index (χ2n) is 17.6. The van der Waals surface area contributed by atoms with Crippen molar-refractivity contribution in [3.8, 4) is 0 Å². The monoisotopic (exact) mass is 816 g/mol. The minimum Gasteiger partial charge on any atom is -0.346 e. The van der Waals surface area contributed by atoms with Crippen LogP contribution < -0.4 is 0 Å². The smallest absolute Gasteiger partial charge is 0.327 e. The van der Waals surface area contributed by atoms with Crippen LogP contribution in [0.4, 0.5) is 0 Å². The highest BCUT2D eigenvalue weighted by Crippen LogP contribution is 2.63. The molecule has 1 unspecified atom stereocenters. The van der Waals surface area contributed by atoms with Crippen LogP contribution >= 0.6 is 35.9 Å². The summed E-state index contributed by atoms with van der Waals surface area (Å²) in [4.78, 5) is 24.4. The maximum absolute atomic E-state index is 13.5. The molecular formula is C36H60Cl2O12P2. The first-order valence-electron chi connectivity index (χ1n) is 19.5. The van der Waals surface area contributed by atoms with Crippen LogP contribution in [-0.4, -0.2) is 74.1 Å². The van der Waals surface area contributed by atoms with Crippen molar-refractivity contribution in [2.24, 2.45) is 47.3 Å². The van der Waals surface area contributed by atoms with Crippen molar-refractivity contribution < 1.29 is 56.7 Å². The fourth-order valence-electron chi connectivity index (χ4n) is 11.3. The summed E-state index contributed by atoms with van der Waals surface area (Å²) in [5.74, 6) is -1.66. The Labute approximate surface area is 318 Å². The third-order valence-corrected chi connectivity index (χ3v) is 15.3. The lowest BCUT2D eigenvalue weighted by Gasteiger charge is -2.60. The lowest BCUT2D eigenvalue weighted by Crippen LogP contribution is -2.70. The molecule has 300 valence electrons. The van der Waals surface area contributed by atoms with Crippen molar-refractivity contribution in [3.05, 3.63) is 0 Å². The third-order valence-electron chi connectivity index (χ3n) is 14.0. The average molecular weight is 818 g/mol. The molecule has 10 rings (SSSR count). The standard InChI is InChI=1S/C35H57O11P.CH3Cl2OP/c1-20-8-10-26-22(3)28(39-30-34(26)24(20)12-16-32(5,41-30)43-45-34)14-18-37-47(7,36)38-19-15-29-23(4)27-11-9-21(2)25-13-17-33(6)42-31(40-29)35(25,27)46-44-33;1-5(2,3)4/h20-31H,8-19H2,1-7H3;1H3/t20-,21-,22-,23-,24+,25+,26+,27+,28-,29-,30-,31-,32-,33+,34-,35-,47?;/m1./s1. The Bertz CT molecular complexity index is 1310. The van der Waals surface area contributed by atoms with Gasteiger partial charge in [-0.25, -0.2) is 19.6 Å². The summed E-state index contributed by atoms with van der Waals surface area (Å²) in [6, 6.07) is 0. The molecule has 0 amide bonds. The van der Waals surface area contributed by atoms with E-state index in [1.54, 1.807) is 6.66 Å². The SMILES string of the molecule is CP(=O)(Cl)Cl.C[C@H]1[C@@H](CCOP(C)(=O)OCC[C@H]2O[C@@H]3O[C@]4(C)CC[C@H]5[C@H](C)CC[C@@H]([C@H]2C)[C@@]35OO4)O[C@@H]2O[C@@]3(C)CC[C@H]4[C@H](C)CC[C@@H]1[C@@]24OO3. The second kappa shape index (κ2) is 14.8. The Morgan fingerprint density at radius 2 is 1.00 bits per heavy atom. The minimum atomic E-state index is -3.31. The third kappa shape index (κ3) is 7.54. The Balaban J connectivity index is 0.000000789. The maximum Gasteiger partial charge on any atom is 0.327 e. The van der Waals surface area contributed by atoms with E-state index in [4.69, 9.17) is 70.0 Å². The van der Waals surface area contributed by atoms with Crippen LogP contribution in [0.15, 0.2) is 0 Å². The molecule has 0 N–H and O–H groups in total. The number of hydrogen-bond donors (Lipinski definition) is 0. The second-order valence-corrected chi connectivity index (χ2v) is 25.5. The largest absolute Gasteiger partial charge is 0.346 e. The van der Waals surface area contributed by atoms with Gasteiger partial charge in [0.25, 0.3) is 0 Å². The van der Waals surface area contributed by atoms with Crippen LogP contribution in [0.1, 0.15) is 106 Å². The van der Waals surface area contributed by atoms with Gasteiger partial charge in [-0.05, 0) is 123 Å². The van der Waals surface area contributed by atoms with E-state index < -0.39 is 48.8 Å². The van der Waals surface area contributed by atoms with Crippen molar-refractivity contribution >= 4 is 35.9 Å². The summed E-state index contributed by atoms with van der Waals surface area (Å²) >= 11 is 9.70. The van der Waals surface area contributed by atoms with E-state index in [9.17, 15) is 9.13 Å². The molecule has 0 aromatic rings. The summed E-state index contributed by atoms with van der Waals surface area (Å²) in [6.07, 6.45) is 8.00. The van der Waals surface area contributed by atoms with Gasteiger partial charge in [0.15, 0.2) is 23.8 Å². The van der Waals surface area contributed by atoms with Crippen molar-refractivity contribution in [1.29, 1.82) is 0 Å². The van der Waals surface area contributed by atoms with E-state index in [0.29, 0.717) is 36.5 Å². The van der Waals surface area contributed by atoms with Crippen LogP contribution in [0.5, 0.6) is 0 Å². The predicted molar refractivity (Wildman–Crippen MR) is 194 cm³/mol. The van der Waals surface area contributed by atoms with E-state index in [2.05, 4.69) is 27.7 Å². The molecule has 16 heteroatoms. The van der Waals surface area contributed by atoms with Gasteiger partial charge in [-0.2, -0.15) is 0 Å². The number of halogens is 2. The number of hydrogen-bond acceptors (Lipinski definition) is 12. The first kappa shape index (κ1) is 40.8. The molecule has 4 bridgehead atoms. The molecule has 17 atom stereocenters. The van der Waals surface area contributed by atoms with Gasteiger partial charge in [0.2, 0.25) is 17.4 Å². The van der Waals surface area contributed by atoms with Crippen LogP contribution in [0, 0.1) is 47.3 Å². The van der Waals surface area contributed by atoms with Gasteiger partial charge in [0.1, 0.15) is 0 Å². The average Bonchev–Trinajstić information content (AvgIpc) is 3.42. The van der Waals surface area contributed by atoms with E-state index in [1.807, 2.05) is 13.8 Å². The van der Waals surface area contributed by atoms with E-state index in [1.165, 1.54) is 6.66 Å². The molecule has 10 fully saturated rings. The van der Waals surface area contributed by atoms with Crippen molar-refractivity contribution in [3.63, 3.8) is 0 Å². The molecule has 0 radical (unpaired) electrons. The molecule has 8 saturated heterocycles. The fourth-order valence-corrected chi connectivity index (χ4v) is 12.3. The summed E-state index contributed by atoms with van der Waals surface area (Å²) in [5.41, 5.74) is -1.17. The molecule has 8 aliphatic heterocycles. The predicted octanol–water partition coefficient (Wildman–Crippen LogP) is 9.41. The van der Waals surface area contributed by atoms with Crippen LogP contribution in [0.25, 0.3) is 0 Å². The van der Waals surface area contributed by atoms with Crippen LogP contribution in [-0.2, 0) is 56.7 Å². The van der Waals surface area contributed by atoms with Gasteiger partial charge < -0.3 is 28.0 Å². The molecule has 2 saturated carbocycles. The van der Waals surface area contributed by atoms with Gasteiger partial charge in [0.05, 0.1) is 25.4 Å². The first-order valence-corrected chi connectivity index (χ1v) is 25.5. The molecule has 12 nitrogen and oxygen atoms in total. The minimum absolute atomic E-state index is 0.106. The highest BCUT2D eigenvalue weighted by molar-refractivity contribution is 8.08. The maximum atomic E-state index is 13.5. The van der Waals surface area contributed by atoms with Gasteiger partial charge in [-0.3, -0.25) is 9.13 Å². The number of ether oxygens (including phenoxy) is 4. The summed E-state index contributed by atoms with van der Waals surface area (Å²) in [7, 11) is -3.31. The lowest BCUT2D eigenvalue weighted by atomic mass is 9.57. The number of fused-ring (bicyclic) bond motifs is 4. The van der Waals surface area contributed by atoms with E-state index in [0.717, 1.165) is 51.4 Å². The quantitative estimate of drug-likeness (QED) is 0.171. The van der Waals surface area contributed by atoms with Gasteiger partial charge in [-0.15, -0.1) is 0 Å². The summed E-state index contributed by atoms with van der Waals surface area (Å²) in [5, 5.41) is 0. The highest BCUT2D eigenvalue weighted by atomic mass is 35.9. The molecule has 0 aromatic carbocycles. The van der Waals surface area contributed by atoms with Crippen molar-refractivity contribution in [2.45, 2.75) is 153 Å². The molecule has 0 aromatic heterocycles. The number of rotatable bonds is 8. The zero-order chi connectivity index (χ0) is 37.5. The normalized spacial score (nSPS) is 51.9. The van der Waals surface area contributed by atoms with Gasteiger partial charge >= 0.3 is 7.60 Å². The highest BCUT2D eigenvalue weighted by Gasteiger charge is 2.70. The van der Waals surface area contributed by atoms with E-state index >= 15 is 0 Å². The van der Waals surface area contributed by atoms with Crippen molar-refractivity contribution in [1.82, 2.24) is 0 Å². The zero-order valence-electron chi connectivity index (χ0n) is 32.0. The molecular weight excluding hydrogens is 757 g/mol. The van der Waals surface area contributed by atoms with Crippen LogP contribution in [0.2, 0.25) is 0 Å². The molecule has 8 heterocycles. The van der Waals surface area contributed by atoms with Gasteiger partial charge in [0, 0.05) is 38.0 Å². The Kier molecular flexibility index (Phi) is 11.6. The Morgan fingerprint density at radius 3 is 1.38 bits per heavy atom. The summed E-state index contributed by atoms with van der Waals surface area (Å²) in [6.45, 7) is 16.4.